The van der Waals surface area contributed by atoms with E-state index in [4.69, 9.17) is 0 Å². The average molecular weight is 248 g/mol. The van der Waals surface area contributed by atoms with Gasteiger partial charge in [-0.3, -0.25) is 4.79 Å². The number of benzene rings is 1. The van der Waals surface area contributed by atoms with Crippen molar-refractivity contribution in [1.29, 1.82) is 0 Å². The van der Waals surface area contributed by atoms with E-state index >= 15 is 0 Å². The first-order valence-corrected chi connectivity index (χ1v) is 5.89. The van der Waals surface area contributed by atoms with Crippen LogP contribution in [0.4, 0.5) is 13.2 Å². The molecule has 0 amide bonds. The Balaban J connectivity index is 2.91. The maximum atomic E-state index is 12.3. The molecule has 16 heavy (non-hydrogen) atoms. The zero-order valence-electron chi connectivity index (χ0n) is 8.84. The zero-order chi connectivity index (χ0) is 12.3. The molecule has 0 fully saturated rings. The number of carbonyl (C=O) groups is 1. The molecule has 0 heterocycles. The first-order chi connectivity index (χ1) is 7.36. The Labute approximate surface area is 96.0 Å². The molecule has 0 saturated heterocycles. The maximum Gasteiger partial charge on any atom is 0.416 e. The minimum atomic E-state index is -4.35. The molecule has 1 unspecified atom stereocenters. The maximum absolute atomic E-state index is 12.3. The standard InChI is InChI=1S/C11H11F3OS/c1-7(16-2)10(15)8-3-5-9(6-4-8)11(12,13)14/h3-7H,1-2H3. The van der Waals surface area contributed by atoms with Crippen molar-refractivity contribution in [2.45, 2.75) is 18.3 Å². The molecule has 1 aromatic carbocycles. The number of rotatable bonds is 3. The number of ketones is 1. The highest BCUT2D eigenvalue weighted by Crippen LogP contribution is 2.29. The fraction of sp³-hybridized carbons (Fsp3) is 0.364. The van der Waals surface area contributed by atoms with Crippen molar-refractivity contribution in [3.63, 3.8) is 0 Å². The Morgan fingerprint density at radius 2 is 1.75 bits per heavy atom. The smallest absolute Gasteiger partial charge is 0.293 e. The van der Waals surface area contributed by atoms with Crippen LogP contribution in [0.25, 0.3) is 0 Å². The zero-order valence-corrected chi connectivity index (χ0v) is 9.65. The molecule has 0 aliphatic heterocycles. The topological polar surface area (TPSA) is 17.1 Å². The van der Waals surface area contributed by atoms with Crippen LogP contribution in [-0.4, -0.2) is 17.3 Å². The van der Waals surface area contributed by atoms with Crippen molar-refractivity contribution >= 4 is 17.5 Å². The van der Waals surface area contributed by atoms with E-state index in [1.807, 2.05) is 0 Å². The van der Waals surface area contributed by atoms with E-state index in [0.29, 0.717) is 5.56 Å². The Morgan fingerprint density at radius 1 is 1.25 bits per heavy atom. The third-order valence-electron chi connectivity index (χ3n) is 2.22. The van der Waals surface area contributed by atoms with Gasteiger partial charge in [0.05, 0.1) is 10.8 Å². The minimum absolute atomic E-state index is 0.152. The van der Waals surface area contributed by atoms with Crippen molar-refractivity contribution in [2.75, 3.05) is 6.26 Å². The van der Waals surface area contributed by atoms with Crippen molar-refractivity contribution in [3.8, 4) is 0 Å². The SMILES string of the molecule is CSC(C)C(=O)c1ccc(C(F)(F)F)cc1. The van der Waals surface area contributed by atoms with E-state index < -0.39 is 11.7 Å². The van der Waals surface area contributed by atoms with Gasteiger partial charge in [0.2, 0.25) is 0 Å². The number of halogens is 3. The summed E-state index contributed by atoms with van der Waals surface area (Å²) in [7, 11) is 0. The van der Waals surface area contributed by atoms with E-state index in [9.17, 15) is 18.0 Å². The molecule has 0 spiro atoms. The van der Waals surface area contributed by atoms with Crippen LogP contribution in [0, 0.1) is 0 Å². The molecule has 1 atom stereocenters. The second-order valence-corrected chi connectivity index (χ2v) is 4.50. The lowest BCUT2D eigenvalue weighted by atomic mass is 10.1. The van der Waals surface area contributed by atoms with Gasteiger partial charge in [-0.05, 0) is 25.3 Å². The van der Waals surface area contributed by atoms with Crippen LogP contribution < -0.4 is 0 Å². The summed E-state index contributed by atoms with van der Waals surface area (Å²) < 4.78 is 36.8. The number of Topliss-reactive ketones (excluding diaryl/α,β-unsaturated/α-hetero) is 1. The molecule has 0 bridgehead atoms. The van der Waals surface area contributed by atoms with E-state index in [-0.39, 0.29) is 11.0 Å². The summed E-state index contributed by atoms with van der Waals surface area (Å²) in [6, 6.07) is 4.30. The summed E-state index contributed by atoms with van der Waals surface area (Å²) in [4.78, 5) is 11.6. The Kier molecular flexibility index (Phi) is 4.02. The predicted octanol–water partition coefficient (Wildman–Crippen LogP) is 3.64. The molecule has 0 aliphatic rings. The van der Waals surface area contributed by atoms with Gasteiger partial charge in [-0.15, -0.1) is 0 Å². The normalized spacial score (nSPS) is 13.6. The lowest BCUT2D eigenvalue weighted by molar-refractivity contribution is -0.137. The van der Waals surface area contributed by atoms with Crippen molar-refractivity contribution in [2.24, 2.45) is 0 Å². The third kappa shape index (κ3) is 3.01. The van der Waals surface area contributed by atoms with Crippen molar-refractivity contribution in [1.82, 2.24) is 0 Å². The second-order valence-electron chi connectivity index (χ2n) is 3.32. The highest BCUT2D eigenvalue weighted by molar-refractivity contribution is 7.99. The number of thioether (sulfide) groups is 1. The summed E-state index contributed by atoms with van der Waals surface area (Å²) in [6.45, 7) is 1.73. The molecular weight excluding hydrogens is 237 g/mol. The van der Waals surface area contributed by atoms with Gasteiger partial charge in [-0.25, -0.2) is 0 Å². The summed E-state index contributed by atoms with van der Waals surface area (Å²) in [5.74, 6) is -0.152. The summed E-state index contributed by atoms with van der Waals surface area (Å²) >= 11 is 1.37. The Hall–Kier alpha value is -0.970. The molecule has 1 aromatic rings. The van der Waals surface area contributed by atoms with Gasteiger partial charge in [-0.2, -0.15) is 24.9 Å². The van der Waals surface area contributed by atoms with Gasteiger partial charge >= 0.3 is 6.18 Å². The van der Waals surface area contributed by atoms with Gasteiger partial charge in [0, 0.05) is 5.56 Å². The largest absolute Gasteiger partial charge is 0.416 e. The second kappa shape index (κ2) is 4.91. The molecule has 0 saturated carbocycles. The number of alkyl halides is 3. The summed E-state index contributed by atoms with van der Waals surface area (Å²) in [5.41, 5.74) is -0.421. The van der Waals surface area contributed by atoms with Crippen LogP contribution in [0.2, 0.25) is 0 Å². The molecule has 0 aromatic heterocycles. The Bertz CT molecular complexity index is 370. The average Bonchev–Trinajstić information content (AvgIpc) is 2.26. The fourth-order valence-corrected chi connectivity index (χ4v) is 1.52. The highest BCUT2D eigenvalue weighted by Gasteiger charge is 2.30. The van der Waals surface area contributed by atoms with Crippen molar-refractivity contribution < 1.29 is 18.0 Å². The predicted molar refractivity (Wildman–Crippen MR) is 58.8 cm³/mol. The van der Waals surface area contributed by atoms with Crippen molar-refractivity contribution in [3.05, 3.63) is 35.4 Å². The monoisotopic (exact) mass is 248 g/mol. The van der Waals surface area contributed by atoms with Gasteiger partial charge in [0.25, 0.3) is 0 Å². The first-order valence-electron chi connectivity index (χ1n) is 4.60. The van der Waals surface area contributed by atoms with Crippen LogP contribution in [0.5, 0.6) is 0 Å². The molecule has 0 N–H and O–H groups in total. The quantitative estimate of drug-likeness (QED) is 0.760. The fourth-order valence-electron chi connectivity index (χ4n) is 1.17. The van der Waals surface area contributed by atoms with Gasteiger partial charge in [0.1, 0.15) is 0 Å². The molecule has 1 rings (SSSR count). The Morgan fingerprint density at radius 3 is 2.12 bits per heavy atom. The molecular formula is C11H11F3OS. The van der Waals surface area contributed by atoms with Crippen LogP contribution >= 0.6 is 11.8 Å². The van der Waals surface area contributed by atoms with E-state index in [1.165, 1.54) is 23.9 Å². The lowest BCUT2D eigenvalue weighted by Gasteiger charge is -2.09. The van der Waals surface area contributed by atoms with Crippen LogP contribution in [0.3, 0.4) is 0 Å². The van der Waals surface area contributed by atoms with Crippen LogP contribution in [0.1, 0.15) is 22.8 Å². The molecule has 0 aliphatic carbocycles. The molecule has 88 valence electrons. The molecule has 1 nitrogen and oxygen atoms in total. The van der Waals surface area contributed by atoms with Crippen LogP contribution in [0.15, 0.2) is 24.3 Å². The number of carbonyl (C=O) groups excluding carboxylic acids is 1. The number of hydrogen-bond acceptors (Lipinski definition) is 2. The summed E-state index contributed by atoms with van der Waals surface area (Å²) in [5, 5.41) is -0.239. The van der Waals surface area contributed by atoms with Crippen LogP contribution in [-0.2, 0) is 6.18 Å². The summed E-state index contributed by atoms with van der Waals surface area (Å²) in [6.07, 6.45) is -2.57. The van der Waals surface area contributed by atoms with E-state index in [2.05, 4.69) is 0 Å². The lowest BCUT2D eigenvalue weighted by Crippen LogP contribution is -2.13. The van der Waals surface area contributed by atoms with Gasteiger partial charge in [0.15, 0.2) is 5.78 Å². The third-order valence-corrected chi connectivity index (χ3v) is 3.14. The highest BCUT2D eigenvalue weighted by atomic mass is 32.2. The van der Waals surface area contributed by atoms with E-state index in [0.717, 1.165) is 12.1 Å². The number of hydrogen-bond donors (Lipinski definition) is 0. The van der Waals surface area contributed by atoms with Gasteiger partial charge < -0.3 is 0 Å². The van der Waals surface area contributed by atoms with E-state index in [1.54, 1.807) is 13.2 Å². The van der Waals surface area contributed by atoms with Gasteiger partial charge in [-0.1, -0.05) is 12.1 Å². The molecule has 5 heteroatoms. The minimum Gasteiger partial charge on any atom is -0.293 e. The first kappa shape index (κ1) is 13.1. The molecule has 0 radical (unpaired) electrons.